The molecule has 1 aliphatic carbocycles. The Balaban J connectivity index is 1.54. The molecule has 1 fully saturated rings. The Morgan fingerprint density at radius 1 is 0.719 bits per heavy atom. The van der Waals surface area contributed by atoms with Crippen LogP contribution in [0.2, 0.25) is 0 Å². The molecule has 152 valence electrons. The SMILES string of the molecule is C[C@H]1CC1c1ccc2c(ccc3ccc4sc5c(ccc6[nH]c7ccccc7c65)c4c32)c1. The number of para-hydroxylation sites is 1. The lowest BCUT2D eigenvalue weighted by Crippen LogP contribution is -1.84. The lowest BCUT2D eigenvalue weighted by molar-refractivity contribution is 0.916. The van der Waals surface area contributed by atoms with E-state index in [0.29, 0.717) is 0 Å². The Kier molecular flexibility index (Phi) is 3.18. The highest BCUT2D eigenvalue weighted by molar-refractivity contribution is 7.27. The minimum absolute atomic E-state index is 0.753. The van der Waals surface area contributed by atoms with Gasteiger partial charge in [0.05, 0.1) is 0 Å². The third-order valence-corrected chi connectivity index (χ3v) is 8.82. The van der Waals surface area contributed by atoms with E-state index < -0.39 is 0 Å². The van der Waals surface area contributed by atoms with Crippen LogP contribution in [0.3, 0.4) is 0 Å². The third kappa shape index (κ3) is 2.18. The summed E-state index contributed by atoms with van der Waals surface area (Å²) in [5.74, 6) is 1.59. The third-order valence-electron chi connectivity index (χ3n) is 7.63. The lowest BCUT2D eigenvalue weighted by Gasteiger charge is -2.08. The maximum absolute atomic E-state index is 3.61. The Bertz CT molecular complexity index is 1880. The van der Waals surface area contributed by atoms with Crippen LogP contribution < -0.4 is 0 Å². The fourth-order valence-corrected chi connectivity index (χ4v) is 7.12. The average Bonchev–Trinajstić information content (AvgIpc) is 3.26. The summed E-state index contributed by atoms with van der Waals surface area (Å²) in [6, 6.07) is 29.7. The van der Waals surface area contributed by atoms with Gasteiger partial charge in [-0.25, -0.2) is 0 Å². The standard InChI is InChI=1S/C30H21NS/c1-16-14-23(16)19-8-10-20-18(15-19)7-6-17-9-13-26-29(27(17)20)22-11-12-25-28(30(22)32-26)21-4-2-3-5-24(21)31-25/h2-13,15-16,23,31H,14H2,1H3/t16-,23?/m0/s1. The smallest absolute Gasteiger partial charge is 0.0479 e. The number of aromatic amines is 1. The van der Waals surface area contributed by atoms with Gasteiger partial charge in [-0.05, 0) is 63.6 Å². The van der Waals surface area contributed by atoms with Crippen LogP contribution >= 0.6 is 11.3 Å². The van der Waals surface area contributed by atoms with Gasteiger partial charge in [-0.1, -0.05) is 67.6 Å². The Morgan fingerprint density at radius 3 is 2.44 bits per heavy atom. The first kappa shape index (κ1) is 17.2. The van der Waals surface area contributed by atoms with Crippen molar-refractivity contribution < 1.29 is 0 Å². The quantitative estimate of drug-likeness (QED) is 0.251. The number of fused-ring (bicyclic) bond motifs is 11. The number of aromatic nitrogens is 1. The van der Waals surface area contributed by atoms with Crippen LogP contribution in [0.5, 0.6) is 0 Å². The minimum atomic E-state index is 0.753. The largest absolute Gasteiger partial charge is 0.354 e. The number of thiophene rings is 1. The number of hydrogen-bond donors (Lipinski definition) is 1. The maximum atomic E-state index is 3.61. The molecule has 5 aromatic carbocycles. The molecule has 0 aliphatic heterocycles. The summed E-state index contributed by atoms with van der Waals surface area (Å²) in [6.07, 6.45) is 1.33. The van der Waals surface area contributed by atoms with E-state index >= 15 is 0 Å². The van der Waals surface area contributed by atoms with Gasteiger partial charge in [0.25, 0.3) is 0 Å². The zero-order chi connectivity index (χ0) is 21.0. The molecule has 1 saturated carbocycles. The van der Waals surface area contributed by atoms with Crippen LogP contribution in [0, 0.1) is 5.92 Å². The van der Waals surface area contributed by atoms with E-state index in [2.05, 4.69) is 90.8 Å². The second-order valence-corrected chi connectivity index (χ2v) is 10.6. The number of hydrogen-bond acceptors (Lipinski definition) is 1. The van der Waals surface area contributed by atoms with Gasteiger partial charge in [-0.15, -0.1) is 11.3 Å². The van der Waals surface area contributed by atoms with E-state index in [1.807, 2.05) is 11.3 Å². The van der Waals surface area contributed by atoms with E-state index in [-0.39, 0.29) is 0 Å². The first-order chi connectivity index (χ1) is 15.8. The van der Waals surface area contributed by atoms with Gasteiger partial charge >= 0.3 is 0 Å². The van der Waals surface area contributed by atoms with Gasteiger partial charge in [0, 0.05) is 42.0 Å². The monoisotopic (exact) mass is 427 g/mol. The molecule has 2 heterocycles. The topological polar surface area (TPSA) is 15.8 Å². The van der Waals surface area contributed by atoms with Gasteiger partial charge in [-0.3, -0.25) is 0 Å². The van der Waals surface area contributed by atoms with E-state index in [1.165, 1.54) is 75.5 Å². The highest BCUT2D eigenvalue weighted by atomic mass is 32.1. The number of rotatable bonds is 1. The summed E-state index contributed by atoms with van der Waals surface area (Å²) in [6.45, 7) is 2.36. The second-order valence-electron chi connectivity index (χ2n) is 9.54. The van der Waals surface area contributed by atoms with Crippen molar-refractivity contribution in [2.45, 2.75) is 19.3 Å². The fraction of sp³-hybridized carbons (Fsp3) is 0.133. The zero-order valence-corrected chi connectivity index (χ0v) is 18.6. The predicted octanol–water partition coefficient (Wildman–Crippen LogP) is 9.12. The first-order valence-corrected chi connectivity index (χ1v) is 12.3. The van der Waals surface area contributed by atoms with E-state index in [0.717, 1.165) is 11.8 Å². The Morgan fingerprint density at radius 2 is 1.53 bits per heavy atom. The van der Waals surface area contributed by atoms with Crippen LogP contribution in [-0.2, 0) is 0 Å². The molecule has 1 unspecified atom stereocenters. The molecule has 0 spiro atoms. The summed E-state index contributed by atoms with van der Waals surface area (Å²) in [5.41, 5.74) is 3.94. The van der Waals surface area contributed by atoms with Crippen molar-refractivity contribution in [3.8, 4) is 0 Å². The van der Waals surface area contributed by atoms with Crippen molar-refractivity contribution in [1.29, 1.82) is 0 Å². The summed E-state index contributed by atoms with van der Waals surface area (Å²) in [7, 11) is 0. The van der Waals surface area contributed by atoms with E-state index in [4.69, 9.17) is 0 Å². The predicted molar refractivity (Wildman–Crippen MR) is 140 cm³/mol. The van der Waals surface area contributed by atoms with Crippen molar-refractivity contribution in [1.82, 2.24) is 4.98 Å². The summed E-state index contributed by atoms with van der Waals surface area (Å²) in [4.78, 5) is 3.61. The van der Waals surface area contributed by atoms with Gasteiger partial charge in [-0.2, -0.15) is 0 Å². The van der Waals surface area contributed by atoms with Crippen molar-refractivity contribution in [3.63, 3.8) is 0 Å². The van der Waals surface area contributed by atoms with Gasteiger partial charge in [0.2, 0.25) is 0 Å². The molecule has 1 nitrogen and oxygen atoms in total. The zero-order valence-electron chi connectivity index (χ0n) is 17.8. The van der Waals surface area contributed by atoms with Gasteiger partial charge in [0.15, 0.2) is 0 Å². The molecule has 7 aromatic rings. The van der Waals surface area contributed by atoms with Crippen LogP contribution in [-0.4, -0.2) is 4.98 Å². The molecule has 0 radical (unpaired) electrons. The molecule has 8 rings (SSSR count). The van der Waals surface area contributed by atoms with Crippen LogP contribution in [0.1, 0.15) is 24.8 Å². The van der Waals surface area contributed by atoms with Crippen LogP contribution in [0.15, 0.2) is 78.9 Å². The summed E-state index contributed by atoms with van der Waals surface area (Å²) >= 11 is 1.93. The van der Waals surface area contributed by atoms with E-state index in [9.17, 15) is 0 Å². The van der Waals surface area contributed by atoms with Crippen LogP contribution in [0.4, 0.5) is 0 Å². The molecule has 0 amide bonds. The molecule has 1 N–H and O–H groups in total. The number of nitrogens with one attached hydrogen (secondary N) is 1. The molecule has 32 heavy (non-hydrogen) atoms. The Labute approximate surface area is 189 Å². The Hall–Kier alpha value is -3.36. The average molecular weight is 428 g/mol. The highest BCUT2D eigenvalue weighted by Gasteiger charge is 2.33. The van der Waals surface area contributed by atoms with Gasteiger partial charge in [0.1, 0.15) is 0 Å². The first-order valence-electron chi connectivity index (χ1n) is 11.5. The highest BCUT2D eigenvalue weighted by Crippen LogP contribution is 2.49. The molecular formula is C30H21NS. The maximum Gasteiger partial charge on any atom is 0.0479 e. The molecule has 1 aliphatic rings. The minimum Gasteiger partial charge on any atom is -0.354 e. The molecule has 2 atom stereocenters. The summed E-state index contributed by atoms with van der Waals surface area (Å²) < 4.78 is 2.76. The number of H-pyrrole nitrogens is 1. The summed E-state index contributed by atoms with van der Waals surface area (Å²) in [5, 5.41) is 10.9. The second kappa shape index (κ2) is 5.90. The number of benzene rings is 5. The molecule has 2 heteroatoms. The molecular weight excluding hydrogens is 406 g/mol. The normalized spacial score (nSPS) is 18.7. The van der Waals surface area contributed by atoms with Crippen molar-refractivity contribution in [2.24, 2.45) is 5.92 Å². The van der Waals surface area contributed by atoms with Crippen molar-refractivity contribution in [3.05, 3.63) is 84.4 Å². The fourth-order valence-electron chi connectivity index (χ4n) is 5.85. The molecule has 0 saturated heterocycles. The van der Waals surface area contributed by atoms with Crippen molar-refractivity contribution in [2.75, 3.05) is 0 Å². The molecule has 2 aromatic heterocycles. The molecule has 0 bridgehead atoms. The van der Waals surface area contributed by atoms with E-state index in [1.54, 1.807) is 0 Å². The van der Waals surface area contributed by atoms with Gasteiger partial charge < -0.3 is 4.98 Å². The lowest BCUT2D eigenvalue weighted by atomic mass is 9.95. The van der Waals surface area contributed by atoms with Crippen molar-refractivity contribution >= 4 is 74.9 Å². The van der Waals surface area contributed by atoms with Crippen LogP contribution in [0.25, 0.3) is 63.5 Å².